The second kappa shape index (κ2) is 4.34. The van der Waals surface area contributed by atoms with Gasteiger partial charge in [-0.25, -0.2) is 0 Å². The molecule has 3 aromatic rings. The van der Waals surface area contributed by atoms with Gasteiger partial charge in [0.15, 0.2) is 0 Å². The predicted molar refractivity (Wildman–Crippen MR) is 69.0 cm³/mol. The number of aromatic nitrogens is 2. The lowest BCUT2D eigenvalue weighted by Gasteiger charge is -2.14. The van der Waals surface area contributed by atoms with Crippen LogP contribution in [0.25, 0.3) is 0 Å². The normalized spacial score (nSPS) is 10.9. The fraction of sp³-hybridized carbons (Fsp3) is 0.0667. The van der Waals surface area contributed by atoms with E-state index >= 15 is 0 Å². The molecule has 0 amide bonds. The maximum Gasteiger partial charge on any atom is 0.0369 e. The minimum Gasteiger partial charge on any atom is -0.367 e. The summed E-state index contributed by atoms with van der Waals surface area (Å²) < 4.78 is 0. The summed E-state index contributed by atoms with van der Waals surface area (Å²) in [5.41, 5.74) is 3.89. The summed E-state index contributed by atoms with van der Waals surface area (Å²) in [6.45, 7) is 0. The van der Waals surface area contributed by atoms with Crippen LogP contribution in [0.5, 0.6) is 0 Å². The summed E-state index contributed by atoms with van der Waals surface area (Å²) in [4.78, 5) is 6.26. The molecule has 2 aromatic heterocycles. The van der Waals surface area contributed by atoms with Crippen molar-refractivity contribution in [3.8, 4) is 0 Å². The summed E-state index contributed by atoms with van der Waals surface area (Å²) in [7, 11) is 0. The minimum atomic E-state index is 0.300. The zero-order valence-corrected chi connectivity index (χ0v) is 9.43. The number of hydrogen-bond donors (Lipinski definition) is 2. The number of H-pyrrole nitrogens is 2. The number of nitrogens with one attached hydrogen (secondary N) is 2. The Morgan fingerprint density at radius 1 is 0.647 bits per heavy atom. The van der Waals surface area contributed by atoms with Gasteiger partial charge >= 0.3 is 0 Å². The van der Waals surface area contributed by atoms with Gasteiger partial charge in [0.05, 0.1) is 0 Å². The Balaban J connectivity index is 2.10. The first-order valence-corrected chi connectivity index (χ1v) is 5.75. The maximum atomic E-state index is 3.13. The van der Waals surface area contributed by atoms with Crippen molar-refractivity contribution in [1.29, 1.82) is 0 Å². The highest BCUT2D eigenvalue weighted by molar-refractivity contribution is 5.41. The Kier molecular flexibility index (Phi) is 2.54. The highest BCUT2D eigenvalue weighted by Gasteiger charge is 2.16. The minimum absolute atomic E-state index is 0.300. The molecule has 2 nitrogen and oxygen atoms in total. The number of aromatic amines is 2. The summed E-state index contributed by atoms with van der Waals surface area (Å²) in [5, 5.41) is 0. The molecule has 0 saturated heterocycles. The van der Waals surface area contributed by atoms with Crippen molar-refractivity contribution in [3.63, 3.8) is 0 Å². The van der Waals surface area contributed by atoms with Gasteiger partial charge in [-0.05, 0) is 28.8 Å². The van der Waals surface area contributed by atoms with Gasteiger partial charge in [0.25, 0.3) is 0 Å². The van der Waals surface area contributed by atoms with E-state index in [9.17, 15) is 0 Å². The van der Waals surface area contributed by atoms with Gasteiger partial charge in [0.2, 0.25) is 0 Å². The molecule has 0 aliphatic heterocycles. The molecule has 0 saturated carbocycles. The van der Waals surface area contributed by atoms with Crippen LogP contribution in [0.2, 0.25) is 0 Å². The first-order valence-electron chi connectivity index (χ1n) is 5.75. The monoisotopic (exact) mass is 222 g/mol. The number of hydrogen-bond acceptors (Lipinski definition) is 0. The molecule has 2 heteroatoms. The van der Waals surface area contributed by atoms with Crippen LogP contribution in [0.15, 0.2) is 67.3 Å². The predicted octanol–water partition coefficient (Wildman–Crippen LogP) is 3.52. The highest BCUT2D eigenvalue weighted by atomic mass is 14.6. The van der Waals surface area contributed by atoms with Crippen molar-refractivity contribution in [2.24, 2.45) is 0 Å². The van der Waals surface area contributed by atoms with Crippen LogP contribution in [0, 0.1) is 0 Å². The summed E-state index contributed by atoms with van der Waals surface area (Å²) in [5.74, 6) is 0.300. The quantitative estimate of drug-likeness (QED) is 0.679. The fourth-order valence-electron chi connectivity index (χ4n) is 2.26. The van der Waals surface area contributed by atoms with Gasteiger partial charge in [-0.1, -0.05) is 30.3 Å². The second-order valence-electron chi connectivity index (χ2n) is 4.13. The van der Waals surface area contributed by atoms with E-state index in [1.165, 1.54) is 16.7 Å². The molecule has 0 atom stereocenters. The molecular formula is C15H14N2. The fourth-order valence-corrected chi connectivity index (χ4v) is 2.26. The van der Waals surface area contributed by atoms with Crippen LogP contribution in [0.4, 0.5) is 0 Å². The van der Waals surface area contributed by atoms with E-state index in [0.717, 1.165) is 0 Å². The van der Waals surface area contributed by atoms with E-state index in [-0.39, 0.29) is 0 Å². The van der Waals surface area contributed by atoms with Crippen molar-refractivity contribution >= 4 is 0 Å². The van der Waals surface area contributed by atoms with Crippen molar-refractivity contribution in [1.82, 2.24) is 9.97 Å². The molecule has 0 aliphatic carbocycles. The van der Waals surface area contributed by atoms with E-state index in [1.54, 1.807) is 0 Å². The van der Waals surface area contributed by atoms with Crippen molar-refractivity contribution < 1.29 is 0 Å². The SMILES string of the molecule is c1ccc(C(c2cc[nH]c2)c2cc[nH]c2)cc1. The zero-order chi connectivity index (χ0) is 11.5. The Labute approximate surface area is 100 Å². The molecule has 0 bridgehead atoms. The molecule has 0 fully saturated rings. The first-order chi connectivity index (χ1) is 8.45. The van der Waals surface area contributed by atoms with Crippen molar-refractivity contribution in [2.45, 2.75) is 5.92 Å². The van der Waals surface area contributed by atoms with Crippen LogP contribution in [-0.4, -0.2) is 9.97 Å². The van der Waals surface area contributed by atoms with Crippen LogP contribution in [0.1, 0.15) is 22.6 Å². The third-order valence-electron chi connectivity index (χ3n) is 3.04. The lowest BCUT2D eigenvalue weighted by atomic mass is 9.88. The Morgan fingerprint density at radius 3 is 1.71 bits per heavy atom. The van der Waals surface area contributed by atoms with E-state index in [1.807, 2.05) is 12.4 Å². The molecule has 0 unspecified atom stereocenters. The largest absolute Gasteiger partial charge is 0.367 e. The summed E-state index contributed by atoms with van der Waals surface area (Å²) in [6.07, 6.45) is 8.06. The van der Waals surface area contributed by atoms with E-state index in [4.69, 9.17) is 0 Å². The average molecular weight is 222 g/mol. The van der Waals surface area contributed by atoms with Gasteiger partial charge in [0.1, 0.15) is 0 Å². The van der Waals surface area contributed by atoms with E-state index in [2.05, 4.69) is 64.8 Å². The summed E-state index contributed by atoms with van der Waals surface area (Å²) in [6, 6.07) is 14.8. The van der Waals surface area contributed by atoms with Gasteiger partial charge in [-0.2, -0.15) is 0 Å². The Morgan fingerprint density at radius 2 is 1.24 bits per heavy atom. The van der Waals surface area contributed by atoms with E-state index in [0.29, 0.717) is 5.92 Å². The number of benzene rings is 1. The van der Waals surface area contributed by atoms with Crippen LogP contribution in [0.3, 0.4) is 0 Å². The molecule has 1 aromatic carbocycles. The highest BCUT2D eigenvalue weighted by Crippen LogP contribution is 2.31. The molecule has 2 N–H and O–H groups in total. The number of rotatable bonds is 3. The Bertz CT molecular complexity index is 516. The van der Waals surface area contributed by atoms with Crippen LogP contribution < -0.4 is 0 Å². The maximum absolute atomic E-state index is 3.13. The third-order valence-corrected chi connectivity index (χ3v) is 3.04. The molecule has 3 rings (SSSR count). The average Bonchev–Trinajstić information content (AvgIpc) is 3.04. The molecule has 0 spiro atoms. The summed E-state index contributed by atoms with van der Waals surface area (Å²) >= 11 is 0. The third kappa shape index (κ3) is 1.89. The lowest BCUT2D eigenvalue weighted by Crippen LogP contribution is -2.00. The molecule has 0 aliphatic rings. The van der Waals surface area contributed by atoms with Gasteiger partial charge in [-0.3, -0.25) is 0 Å². The van der Waals surface area contributed by atoms with Gasteiger partial charge in [0, 0.05) is 30.7 Å². The zero-order valence-electron chi connectivity index (χ0n) is 9.43. The van der Waals surface area contributed by atoms with Crippen molar-refractivity contribution in [3.05, 3.63) is 83.9 Å². The molecule has 0 radical (unpaired) electrons. The lowest BCUT2D eigenvalue weighted by molar-refractivity contribution is 0.982. The molecule has 17 heavy (non-hydrogen) atoms. The van der Waals surface area contributed by atoms with Crippen LogP contribution in [-0.2, 0) is 0 Å². The molecule has 84 valence electrons. The van der Waals surface area contributed by atoms with Gasteiger partial charge in [-0.15, -0.1) is 0 Å². The molecular weight excluding hydrogens is 208 g/mol. The second-order valence-corrected chi connectivity index (χ2v) is 4.13. The Hall–Kier alpha value is -2.22. The standard InChI is InChI=1S/C15H14N2/c1-2-4-12(5-3-1)15(13-6-8-16-10-13)14-7-9-17-11-14/h1-11,15-17H. The van der Waals surface area contributed by atoms with Gasteiger partial charge < -0.3 is 9.97 Å². The van der Waals surface area contributed by atoms with Crippen LogP contribution >= 0.6 is 0 Å². The molecule has 2 heterocycles. The first kappa shape index (κ1) is 9.97. The van der Waals surface area contributed by atoms with Crippen molar-refractivity contribution in [2.75, 3.05) is 0 Å². The topological polar surface area (TPSA) is 31.6 Å². The smallest absolute Gasteiger partial charge is 0.0369 e. The van der Waals surface area contributed by atoms with E-state index < -0.39 is 0 Å².